The number of halogens is 2. The predicted molar refractivity (Wildman–Crippen MR) is 102 cm³/mol. The molecule has 0 saturated heterocycles. The van der Waals surface area contributed by atoms with Gasteiger partial charge in [-0.1, -0.05) is 30.3 Å². The molecule has 2 aromatic carbocycles. The number of ether oxygens (including phenoxy) is 3. The van der Waals surface area contributed by atoms with Crippen molar-refractivity contribution in [2.24, 2.45) is 0 Å². The van der Waals surface area contributed by atoms with Gasteiger partial charge in [0.25, 0.3) is 5.91 Å². The summed E-state index contributed by atoms with van der Waals surface area (Å²) in [6.07, 6.45) is -0.807. The molecule has 30 heavy (non-hydrogen) atoms. The Labute approximate surface area is 171 Å². The zero-order valence-corrected chi connectivity index (χ0v) is 16.0. The van der Waals surface area contributed by atoms with Gasteiger partial charge in [0.15, 0.2) is 6.61 Å². The topological polar surface area (TPSA) is 103 Å². The van der Waals surface area contributed by atoms with Gasteiger partial charge in [-0.3, -0.25) is 4.79 Å². The molecule has 0 aliphatic carbocycles. The zero-order valence-electron chi connectivity index (χ0n) is 16.0. The zero-order chi connectivity index (χ0) is 21.9. The van der Waals surface area contributed by atoms with E-state index in [-0.39, 0.29) is 12.4 Å². The number of carbonyl (C=O) groups excluding carboxylic acids is 3. The number of alkyl halides is 2. The second kappa shape index (κ2) is 11.3. The molecule has 160 valence electrons. The Hall–Kier alpha value is -3.69. The summed E-state index contributed by atoms with van der Waals surface area (Å²) < 4.78 is 38.2. The quantitative estimate of drug-likeness (QED) is 0.602. The van der Waals surface area contributed by atoms with E-state index in [1.54, 1.807) is 24.3 Å². The number of hydrogen-bond acceptors (Lipinski definition) is 6. The molecule has 0 fully saturated rings. The molecule has 2 N–H and O–H groups in total. The summed E-state index contributed by atoms with van der Waals surface area (Å²) in [4.78, 5) is 35.5. The number of benzene rings is 2. The summed E-state index contributed by atoms with van der Waals surface area (Å²) in [5, 5.41) is 4.73. The number of esters is 1. The number of nitrogens with one attached hydrogen (secondary N) is 2. The second-order valence-corrected chi connectivity index (χ2v) is 5.99. The van der Waals surface area contributed by atoms with Gasteiger partial charge in [-0.15, -0.1) is 0 Å². The summed E-state index contributed by atoms with van der Waals surface area (Å²) in [5.74, 6) is -1.54. The summed E-state index contributed by atoms with van der Waals surface area (Å²) in [7, 11) is 0. The first kappa shape index (κ1) is 22.6. The highest BCUT2D eigenvalue weighted by Crippen LogP contribution is 2.17. The first-order valence-electron chi connectivity index (χ1n) is 8.82. The maximum Gasteiger partial charge on any atom is 0.408 e. The number of anilines is 1. The maximum absolute atomic E-state index is 12.1. The van der Waals surface area contributed by atoms with Crippen LogP contribution in [0.2, 0.25) is 0 Å². The van der Waals surface area contributed by atoms with E-state index in [9.17, 15) is 23.2 Å². The highest BCUT2D eigenvalue weighted by Gasteiger charge is 2.19. The van der Waals surface area contributed by atoms with Crippen molar-refractivity contribution in [3.05, 3.63) is 60.2 Å². The van der Waals surface area contributed by atoms with Gasteiger partial charge in [-0.2, -0.15) is 8.78 Å². The molecular formula is C20H20F2N2O6. The molecule has 0 heterocycles. The van der Waals surface area contributed by atoms with Crippen LogP contribution in [0.3, 0.4) is 0 Å². The first-order chi connectivity index (χ1) is 14.3. The van der Waals surface area contributed by atoms with E-state index in [2.05, 4.69) is 15.4 Å². The number of carbonyl (C=O) groups is 3. The lowest BCUT2D eigenvalue weighted by Crippen LogP contribution is -2.40. The molecule has 0 aromatic heterocycles. The number of hydrogen-bond donors (Lipinski definition) is 2. The largest absolute Gasteiger partial charge is 0.454 e. The van der Waals surface area contributed by atoms with Crippen molar-refractivity contribution in [3.63, 3.8) is 0 Å². The Morgan fingerprint density at radius 1 is 0.967 bits per heavy atom. The van der Waals surface area contributed by atoms with Crippen molar-refractivity contribution in [3.8, 4) is 5.75 Å². The van der Waals surface area contributed by atoms with Crippen LogP contribution in [0.5, 0.6) is 5.75 Å². The molecule has 1 atom stereocenters. The number of amides is 2. The third-order valence-electron chi connectivity index (χ3n) is 3.61. The first-order valence-corrected chi connectivity index (χ1v) is 8.82. The molecule has 0 aliphatic rings. The molecule has 0 spiro atoms. The fourth-order valence-electron chi connectivity index (χ4n) is 2.18. The molecule has 0 bridgehead atoms. The Balaban J connectivity index is 1.69. The Kier molecular flexibility index (Phi) is 8.55. The normalized spacial score (nSPS) is 11.3. The second-order valence-electron chi connectivity index (χ2n) is 5.99. The van der Waals surface area contributed by atoms with Crippen LogP contribution in [0.25, 0.3) is 0 Å². The molecule has 1 unspecified atom stereocenters. The van der Waals surface area contributed by atoms with E-state index in [1.165, 1.54) is 31.2 Å². The maximum atomic E-state index is 12.1. The molecular weight excluding hydrogens is 402 g/mol. The Morgan fingerprint density at radius 2 is 1.63 bits per heavy atom. The molecule has 10 heteroatoms. The fraction of sp³-hybridized carbons (Fsp3) is 0.250. The average Bonchev–Trinajstić information content (AvgIpc) is 2.72. The lowest BCUT2D eigenvalue weighted by atomic mass is 10.2. The van der Waals surface area contributed by atoms with Gasteiger partial charge in [-0.05, 0) is 36.8 Å². The van der Waals surface area contributed by atoms with Gasteiger partial charge < -0.3 is 24.8 Å². The minimum Gasteiger partial charge on any atom is -0.454 e. The van der Waals surface area contributed by atoms with E-state index in [4.69, 9.17) is 9.47 Å². The van der Waals surface area contributed by atoms with Gasteiger partial charge in [0.05, 0.1) is 0 Å². The standard InChI is InChI=1S/C20H20F2N2O6/c1-13(23-20(27)29-11-14-5-3-2-4-6-14)18(26)28-12-17(25)24-15-7-9-16(10-8-15)30-19(21)22/h2-10,13,19H,11-12H2,1H3,(H,23,27)(H,24,25). The van der Waals surface area contributed by atoms with Gasteiger partial charge in [-0.25, -0.2) is 9.59 Å². The van der Waals surface area contributed by atoms with E-state index >= 15 is 0 Å². The molecule has 0 radical (unpaired) electrons. The van der Waals surface area contributed by atoms with Crippen LogP contribution >= 0.6 is 0 Å². The highest BCUT2D eigenvalue weighted by molar-refractivity contribution is 5.93. The minimum atomic E-state index is -2.95. The minimum absolute atomic E-state index is 0.0397. The van der Waals surface area contributed by atoms with Gasteiger partial charge in [0, 0.05) is 5.69 Å². The summed E-state index contributed by atoms with van der Waals surface area (Å²) >= 11 is 0. The molecule has 0 saturated carbocycles. The van der Waals surface area contributed by atoms with Gasteiger partial charge in [0.2, 0.25) is 0 Å². The van der Waals surface area contributed by atoms with Crippen LogP contribution in [-0.4, -0.2) is 37.2 Å². The number of alkyl carbamates (subject to hydrolysis) is 1. The lowest BCUT2D eigenvalue weighted by Gasteiger charge is -2.13. The van der Waals surface area contributed by atoms with Crippen LogP contribution in [0.1, 0.15) is 12.5 Å². The van der Waals surface area contributed by atoms with Crippen LogP contribution in [-0.2, 0) is 25.7 Å². The predicted octanol–water partition coefficient (Wildman–Crippen LogP) is 3.08. The van der Waals surface area contributed by atoms with E-state index in [0.29, 0.717) is 5.69 Å². The highest BCUT2D eigenvalue weighted by atomic mass is 19.3. The van der Waals surface area contributed by atoms with Crippen LogP contribution in [0.4, 0.5) is 19.3 Å². The third kappa shape index (κ3) is 8.13. The van der Waals surface area contributed by atoms with Crippen LogP contribution < -0.4 is 15.4 Å². The molecule has 2 aromatic rings. The monoisotopic (exact) mass is 422 g/mol. The van der Waals surface area contributed by atoms with Crippen molar-refractivity contribution in [2.45, 2.75) is 26.2 Å². The summed E-state index contributed by atoms with van der Waals surface area (Å²) in [6, 6.07) is 13.2. The number of rotatable bonds is 9. The van der Waals surface area contributed by atoms with E-state index in [1.807, 2.05) is 6.07 Å². The summed E-state index contributed by atoms with van der Waals surface area (Å²) in [5.41, 5.74) is 1.08. The Morgan fingerprint density at radius 3 is 2.27 bits per heavy atom. The van der Waals surface area contributed by atoms with Crippen molar-refractivity contribution in [2.75, 3.05) is 11.9 Å². The Bertz CT molecular complexity index is 846. The van der Waals surface area contributed by atoms with Gasteiger partial charge in [0.1, 0.15) is 18.4 Å². The lowest BCUT2D eigenvalue weighted by molar-refractivity contribution is -0.148. The van der Waals surface area contributed by atoms with Crippen molar-refractivity contribution in [1.82, 2.24) is 5.32 Å². The SMILES string of the molecule is CC(NC(=O)OCc1ccccc1)C(=O)OCC(=O)Nc1ccc(OC(F)F)cc1. The molecule has 8 nitrogen and oxygen atoms in total. The molecule has 2 rings (SSSR count). The van der Waals surface area contributed by atoms with Crippen molar-refractivity contribution >= 4 is 23.7 Å². The smallest absolute Gasteiger partial charge is 0.408 e. The van der Waals surface area contributed by atoms with Gasteiger partial charge >= 0.3 is 18.7 Å². The fourth-order valence-corrected chi connectivity index (χ4v) is 2.18. The van der Waals surface area contributed by atoms with Crippen LogP contribution in [0, 0.1) is 0 Å². The van der Waals surface area contributed by atoms with E-state index < -0.39 is 37.2 Å². The summed E-state index contributed by atoms with van der Waals surface area (Å²) in [6.45, 7) is -2.13. The van der Waals surface area contributed by atoms with Crippen molar-refractivity contribution < 1.29 is 37.4 Å². The molecule has 2 amide bonds. The van der Waals surface area contributed by atoms with Crippen molar-refractivity contribution in [1.29, 1.82) is 0 Å². The average molecular weight is 422 g/mol. The molecule has 0 aliphatic heterocycles. The van der Waals surface area contributed by atoms with Crippen LogP contribution in [0.15, 0.2) is 54.6 Å². The van der Waals surface area contributed by atoms with E-state index in [0.717, 1.165) is 5.56 Å². The third-order valence-corrected chi connectivity index (χ3v) is 3.61.